The molecule has 114 valence electrons. The van der Waals surface area contributed by atoms with Gasteiger partial charge in [-0.3, -0.25) is 4.57 Å². The smallest absolute Gasteiger partial charge is 0.403 e. The number of aliphatic hydroxyl groups is 1. The fourth-order valence-corrected chi connectivity index (χ4v) is 2.11. The summed E-state index contributed by atoms with van der Waals surface area (Å²) in [5, 5.41) is 9.09. The Morgan fingerprint density at radius 1 is 1.43 bits per heavy atom. The number of nitrogens with two attached hydrogens (primary N) is 1. The van der Waals surface area contributed by atoms with Crippen LogP contribution in [0.25, 0.3) is 5.69 Å². The molecule has 0 fully saturated rings. The molecule has 0 bridgehead atoms. The molecule has 1 aromatic heterocycles. The van der Waals surface area contributed by atoms with Gasteiger partial charge >= 0.3 is 6.36 Å². The van der Waals surface area contributed by atoms with Gasteiger partial charge in [0.2, 0.25) is 0 Å². The molecule has 1 aromatic carbocycles. The van der Waals surface area contributed by atoms with Crippen molar-refractivity contribution >= 4 is 15.9 Å². The normalized spacial score (nSPS) is 13.2. The molecule has 5 nitrogen and oxygen atoms in total. The maximum absolute atomic E-state index is 12.5. The van der Waals surface area contributed by atoms with Gasteiger partial charge < -0.3 is 15.6 Å². The first-order chi connectivity index (χ1) is 9.81. The number of aliphatic hydroxyl groups excluding tert-OH is 1. The molecule has 21 heavy (non-hydrogen) atoms. The molecule has 0 amide bonds. The van der Waals surface area contributed by atoms with Gasteiger partial charge in [-0.25, -0.2) is 4.98 Å². The minimum atomic E-state index is -4.82. The third-order valence-electron chi connectivity index (χ3n) is 2.65. The van der Waals surface area contributed by atoms with Crippen molar-refractivity contribution in [3.63, 3.8) is 0 Å². The lowest BCUT2D eigenvalue weighted by Crippen LogP contribution is -2.20. The van der Waals surface area contributed by atoms with Gasteiger partial charge in [-0.2, -0.15) is 0 Å². The number of alkyl halides is 3. The molecule has 1 unspecified atom stereocenters. The first-order valence-corrected chi connectivity index (χ1v) is 6.55. The van der Waals surface area contributed by atoms with E-state index in [1.165, 1.54) is 29.2 Å². The summed E-state index contributed by atoms with van der Waals surface area (Å²) < 4.78 is 43.3. The van der Waals surface area contributed by atoms with E-state index in [-0.39, 0.29) is 12.3 Å². The Hall–Kier alpha value is -1.58. The Bertz CT molecular complexity index is 630. The lowest BCUT2D eigenvalue weighted by atomic mass is 10.2. The zero-order valence-corrected chi connectivity index (χ0v) is 12.1. The van der Waals surface area contributed by atoms with E-state index >= 15 is 0 Å². The molecule has 9 heteroatoms. The van der Waals surface area contributed by atoms with Gasteiger partial charge in [0, 0.05) is 4.47 Å². The van der Waals surface area contributed by atoms with Gasteiger partial charge in [0.05, 0.1) is 36.6 Å². The monoisotopic (exact) mass is 365 g/mol. The zero-order chi connectivity index (χ0) is 15.6. The summed E-state index contributed by atoms with van der Waals surface area (Å²) in [6, 6.07) is 3.42. The van der Waals surface area contributed by atoms with Gasteiger partial charge in [0.15, 0.2) is 5.75 Å². The quantitative estimate of drug-likeness (QED) is 0.872. The van der Waals surface area contributed by atoms with Gasteiger partial charge in [0.1, 0.15) is 0 Å². The minimum Gasteiger partial charge on any atom is -0.403 e. The molecule has 0 spiro atoms. The van der Waals surface area contributed by atoms with Crippen LogP contribution in [0.2, 0.25) is 0 Å². The molecule has 0 aliphatic carbocycles. The number of benzene rings is 1. The number of halogens is 4. The fourth-order valence-electron chi connectivity index (χ4n) is 1.77. The third-order valence-corrected chi connectivity index (χ3v) is 3.14. The van der Waals surface area contributed by atoms with Crippen LogP contribution in [0.3, 0.4) is 0 Å². The molecule has 1 heterocycles. The predicted octanol–water partition coefficient (Wildman–Crippen LogP) is 2.53. The lowest BCUT2D eigenvalue weighted by Gasteiger charge is -2.17. The molecule has 3 N–H and O–H groups in total. The van der Waals surface area contributed by atoms with Crippen LogP contribution in [-0.2, 0) is 0 Å². The summed E-state index contributed by atoms with van der Waals surface area (Å²) in [7, 11) is 0. The van der Waals surface area contributed by atoms with Crippen LogP contribution in [0, 0.1) is 0 Å². The topological polar surface area (TPSA) is 73.3 Å². The van der Waals surface area contributed by atoms with Crippen molar-refractivity contribution in [1.82, 2.24) is 9.55 Å². The number of nitrogens with zero attached hydrogens (tertiary/aromatic N) is 2. The Morgan fingerprint density at radius 2 is 2.14 bits per heavy atom. The van der Waals surface area contributed by atoms with Gasteiger partial charge in [-0.05, 0) is 18.2 Å². The van der Waals surface area contributed by atoms with E-state index in [0.717, 1.165) is 0 Å². The highest BCUT2D eigenvalue weighted by Crippen LogP contribution is 2.33. The van der Waals surface area contributed by atoms with Crippen LogP contribution < -0.4 is 10.5 Å². The van der Waals surface area contributed by atoms with Crippen molar-refractivity contribution in [3.05, 3.63) is 40.9 Å². The second-order valence-corrected chi connectivity index (χ2v) is 5.05. The number of hydrogen-bond acceptors (Lipinski definition) is 4. The molecule has 0 saturated heterocycles. The SMILES string of the molecule is NC(CO)c1cncn1-c1ccc(Br)cc1OC(F)(F)F. The van der Waals surface area contributed by atoms with Crippen LogP contribution in [0.15, 0.2) is 35.2 Å². The summed E-state index contributed by atoms with van der Waals surface area (Å²) >= 11 is 3.09. The number of rotatable bonds is 4. The average molecular weight is 366 g/mol. The fraction of sp³-hybridized carbons (Fsp3) is 0.250. The van der Waals surface area contributed by atoms with Crippen LogP contribution in [-0.4, -0.2) is 27.6 Å². The van der Waals surface area contributed by atoms with Crippen LogP contribution in [0.1, 0.15) is 11.7 Å². The number of ether oxygens (including phenoxy) is 1. The van der Waals surface area contributed by atoms with Crippen molar-refractivity contribution in [2.75, 3.05) is 6.61 Å². The van der Waals surface area contributed by atoms with E-state index in [2.05, 4.69) is 25.7 Å². The molecule has 2 aromatic rings. The standard InChI is InChI=1S/C12H11BrF3N3O2/c13-7-1-2-9(11(3-7)21-12(14,15)16)19-6-18-4-10(19)8(17)5-20/h1-4,6,8,20H,5,17H2. The van der Waals surface area contributed by atoms with Crippen molar-refractivity contribution in [2.24, 2.45) is 5.73 Å². The molecular weight excluding hydrogens is 355 g/mol. The first kappa shape index (κ1) is 15.8. The van der Waals surface area contributed by atoms with Gasteiger partial charge in [0.25, 0.3) is 0 Å². The predicted molar refractivity (Wildman–Crippen MR) is 72.0 cm³/mol. The number of hydrogen-bond donors (Lipinski definition) is 2. The van der Waals surface area contributed by atoms with E-state index in [4.69, 9.17) is 10.8 Å². The van der Waals surface area contributed by atoms with Crippen molar-refractivity contribution in [1.29, 1.82) is 0 Å². The Balaban J connectivity index is 2.51. The highest BCUT2D eigenvalue weighted by atomic mass is 79.9. The third kappa shape index (κ3) is 3.74. The van der Waals surface area contributed by atoms with E-state index in [1.807, 2.05) is 0 Å². The summed E-state index contributed by atoms with van der Waals surface area (Å²) in [6.07, 6.45) is -2.15. The molecule has 0 radical (unpaired) electrons. The van der Waals surface area contributed by atoms with Crippen molar-refractivity contribution in [3.8, 4) is 11.4 Å². The molecule has 1 atom stereocenters. The summed E-state index contributed by atoms with van der Waals surface area (Å²) in [6.45, 7) is -0.363. The minimum absolute atomic E-state index is 0.118. The first-order valence-electron chi connectivity index (χ1n) is 5.76. The summed E-state index contributed by atoms with van der Waals surface area (Å²) in [4.78, 5) is 3.85. The van der Waals surface area contributed by atoms with E-state index in [1.54, 1.807) is 6.07 Å². The Morgan fingerprint density at radius 3 is 2.76 bits per heavy atom. The highest BCUT2D eigenvalue weighted by molar-refractivity contribution is 9.10. The molecule has 0 saturated carbocycles. The molecular formula is C12H11BrF3N3O2. The van der Waals surface area contributed by atoms with Crippen LogP contribution in [0.4, 0.5) is 13.2 Å². The Labute approximate surface area is 126 Å². The maximum atomic E-state index is 12.5. The van der Waals surface area contributed by atoms with Gasteiger partial charge in [-0.1, -0.05) is 15.9 Å². The van der Waals surface area contributed by atoms with E-state index in [0.29, 0.717) is 10.2 Å². The van der Waals surface area contributed by atoms with E-state index in [9.17, 15) is 13.2 Å². The average Bonchev–Trinajstić information content (AvgIpc) is 2.85. The number of imidazole rings is 1. The maximum Gasteiger partial charge on any atom is 0.573 e. The highest BCUT2D eigenvalue weighted by Gasteiger charge is 2.32. The lowest BCUT2D eigenvalue weighted by molar-refractivity contribution is -0.274. The van der Waals surface area contributed by atoms with Crippen LogP contribution in [0.5, 0.6) is 5.75 Å². The van der Waals surface area contributed by atoms with E-state index < -0.39 is 18.2 Å². The molecule has 2 rings (SSSR count). The zero-order valence-electron chi connectivity index (χ0n) is 10.5. The number of aromatic nitrogens is 2. The van der Waals surface area contributed by atoms with Crippen molar-refractivity contribution < 1.29 is 23.0 Å². The Kier molecular flexibility index (Phi) is 4.55. The largest absolute Gasteiger partial charge is 0.573 e. The second-order valence-electron chi connectivity index (χ2n) is 4.14. The molecule has 0 aliphatic heterocycles. The van der Waals surface area contributed by atoms with Crippen molar-refractivity contribution in [2.45, 2.75) is 12.4 Å². The van der Waals surface area contributed by atoms with Crippen LogP contribution >= 0.6 is 15.9 Å². The molecule has 0 aliphatic rings. The second kappa shape index (κ2) is 6.04. The summed E-state index contributed by atoms with van der Waals surface area (Å²) in [5.41, 5.74) is 6.19. The van der Waals surface area contributed by atoms with Gasteiger partial charge in [-0.15, -0.1) is 13.2 Å². The summed E-state index contributed by atoms with van der Waals surface area (Å²) in [5.74, 6) is -0.402.